The lowest BCUT2D eigenvalue weighted by Crippen LogP contribution is -2.03. The number of halogens is 3. The molecule has 0 saturated carbocycles. The van der Waals surface area contributed by atoms with Crippen molar-refractivity contribution in [1.82, 2.24) is 25.6 Å². The van der Waals surface area contributed by atoms with Crippen molar-refractivity contribution in [3.05, 3.63) is 71.4 Å². The molecule has 4 rings (SSSR count). The summed E-state index contributed by atoms with van der Waals surface area (Å²) in [6, 6.07) is 11.6. The molecule has 31 heavy (non-hydrogen) atoms. The van der Waals surface area contributed by atoms with Gasteiger partial charge in [-0.1, -0.05) is 5.21 Å². The van der Waals surface area contributed by atoms with Gasteiger partial charge in [0.15, 0.2) is 12.4 Å². The summed E-state index contributed by atoms with van der Waals surface area (Å²) in [4.78, 5) is 4.28. The fourth-order valence-corrected chi connectivity index (χ4v) is 2.66. The monoisotopic (exact) mass is 431 g/mol. The van der Waals surface area contributed by atoms with Crippen molar-refractivity contribution in [2.75, 3.05) is 0 Å². The summed E-state index contributed by atoms with van der Waals surface area (Å²) in [5, 5.41) is 13.4. The van der Waals surface area contributed by atoms with Crippen molar-refractivity contribution >= 4 is 0 Å². The standard InChI is InChI=1S/C20H16F3N5O3/c1-12-17(31-19(24-12)13-2-4-14(5-3-13)20(21,22)23)10-29-15-6-8-16(9-7-15)30-11-18-25-27-28-26-18/h2-9H,10-11H2,1H3,(H,25,26,27,28). The molecular formula is C20H16F3N5O3. The number of nitrogens with zero attached hydrogens (tertiary/aromatic N) is 4. The molecule has 2 heterocycles. The molecule has 0 amide bonds. The Kier molecular flexibility index (Phi) is 5.56. The molecule has 0 aliphatic carbocycles. The second-order valence-electron chi connectivity index (χ2n) is 6.48. The summed E-state index contributed by atoms with van der Waals surface area (Å²) in [7, 11) is 0. The average molecular weight is 431 g/mol. The Morgan fingerprint density at radius 1 is 0.935 bits per heavy atom. The van der Waals surface area contributed by atoms with Gasteiger partial charge in [-0.15, -0.1) is 10.2 Å². The number of aryl methyl sites for hydroxylation is 1. The number of benzene rings is 2. The molecule has 2 aromatic heterocycles. The zero-order valence-electron chi connectivity index (χ0n) is 16.2. The number of oxazole rings is 1. The Balaban J connectivity index is 1.36. The zero-order chi connectivity index (χ0) is 21.8. The van der Waals surface area contributed by atoms with E-state index in [-0.39, 0.29) is 19.1 Å². The highest BCUT2D eigenvalue weighted by Crippen LogP contribution is 2.31. The highest BCUT2D eigenvalue weighted by atomic mass is 19.4. The maximum Gasteiger partial charge on any atom is 0.416 e. The predicted molar refractivity (Wildman–Crippen MR) is 101 cm³/mol. The van der Waals surface area contributed by atoms with Crippen molar-refractivity contribution in [2.24, 2.45) is 0 Å². The van der Waals surface area contributed by atoms with Crippen LogP contribution in [0.1, 0.15) is 22.8 Å². The van der Waals surface area contributed by atoms with Gasteiger partial charge >= 0.3 is 6.18 Å². The molecule has 0 aliphatic rings. The Labute approximate surface area is 174 Å². The van der Waals surface area contributed by atoms with Crippen LogP contribution < -0.4 is 9.47 Å². The number of H-pyrrole nitrogens is 1. The summed E-state index contributed by atoms with van der Waals surface area (Å²) < 4.78 is 55.1. The molecule has 8 nitrogen and oxygen atoms in total. The van der Waals surface area contributed by atoms with Crippen LogP contribution in [0.5, 0.6) is 11.5 Å². The molecule has 2 aromatic carbocycles. The van der Waals surface area contributed by atoms with Gasteiger partial charge in [0, 0.05) is 5.56 Å². The van der Waals surface area contributed by atoms with Crippen LogP contribution in [0.2, 0.25) is 0 Å². The molecule has 0 unspecified atom stereocenters. The molecule has 0 saturated heterocycles. The first-order chi connectivity index (χ1) is 14.9. The molecule has 11 heteroatoms. The van der Waals surface area contributed by atoms with Crippen molar-refractivity contribution in [2.45, 2.75) is 26.3 Å². The maximum absolute atomic E-state index is 12.7. The van der Waals surface area contributed by atoms with Crippen LogP contribution in [0.15, 0.2) is 52.9 Å². The van der Waals surface area contributed by atoms with Crippen LogP contribution in [0.25, 0.3) is 11.5 Å². The first-order valence-electron chi connectivity index (χ1n) is 9.10. The summed E-state index contributed by atoms with van der Waals surface area (Å²) in [5.41, 5.74) is 0.313. The lowest BCUT2D eigenvalue weighted by molar-refractivity contribution is -0.137. The number of rotatable bonds is 7. The van der Waals surface area contributed by atoms with Crippen LogP contribution in [0.4, 0.5) is 13.2 Å². The SMILES string of the molecule is Cc1nc(-c2ccc(C(F)(F)F)cc2)oc1COc1ccc(OCc2nn[nH]n2)cc1. The number of aromatic nitrogens is 5. The molecular weight excluding hydrogens is 415 g/mol. The lowest BCUT2D eigenvalue weighted by atomic mass is 10.1. The second kappa shape index (κ2) is 8.46. The number of alkyl halides is 3. The molecule has 0 aliphatic heterocycles. The molecule has 0 spiro atoms. The van der Waals surface area contributed by atoms with E-state index in [1.165, 1.54) is 12.1 Å². The summed E-state index contributed by atoms with van der Waals surface area (Å²) >= 11 is 0. The largest absolute Gasteiger partial charge is 0.486 e. The zero-order valence-corrected chi connectivity index (χ0v) is 16.2. The maximum atomic E-state index is 12.7. The topological polar surface area (TPSA) is 99.0 Å². The molecule has 4 aromatic rings. The van der Waals surface area contributed by atoms with E-state index in [4.69, 9.17) is 13.9 Å². The van der Waals surface area contributed by atoms with E-state index < -0.39 is 11.7 Å². The van der Waals surface area contributed by atoms with Gasteiger partial charge in [-0.3, -0.25) is 0 Å². The number of nitrogens with one attached hydrogen (secondary N) is 1. The smallest absolute Gasteiger partial charge is 0.416 e. The number of hydrogen-bond donors (Lipinski definition) is 1. The Bertz CT molecular complexity index is 1120. The molecule has 0 bridgehead atoms. The van der Waals surface area contributed by atoms with Gasteiger partial charge in [-0.2, -0.15) is 18.4 Å². The fourth-order valence-electron chi connectivity index (χ4n) is 2.66. The first kappa shape index (κ1) is 20.4. The molecule has 0 fully saturated rings. The Morgan fingerprint density at radius 2 is 1.58 bits per heavy atom. The minimum Gasteiger partial charge on any atom is -0.486 e. The third-order valence-corrected chi connectivity index (χ3v) is 4.30. The molecule has 160 valence electrons. The van der Waals surface area contributed by atoms with Gasteiger partial charge in [0.05, 0.1) is 11.3 Å². The van der Waals surface area contributed by atoms with E-state index in [0.29, 0.717) is 34.3 Å². The number of tetrazole rings is 1. The number of aromatic amines is 1. The third kappa shape index (κ3) is 5.00. The molecule has 1 N–H and O–H groups in total. The van der Waals surface area contributed by atoms with Gasteiger partial charge in [0.25, 0.3) is 0 Å². The lowest BCUT2D eigenvalue weighted by Gasteiger charge is -2.07. The summed E-state index contributed by atoms with van der Waals surface area (Å²) in [6.45, 7) is 2.04. The van der Waals surface area contributed by atoms with Crippen molar-refractivity contribution in [3.63, 3.8) is 0 Å². The fraction of sp³-hybridized carbons (Fsp3) is 0.200. The second-order valence-corrected chi connectivity index (χ2v) is 6.48. The van der Waals surface area contributed by atoms with Crippen LogP contribution >= 0.6 is 0 Å². The van der Waals surface area contributed by atoms with E-state index in [2.05, 4.69) is 25.6 Å². The van der Waals surface area contributed by atoms with E-state index >= 15 is 0 Å². The van der Waals surface area contributed by atoms with Crippen molar-refractivity contribution < 1.29 is 27.1 Å². The van der Waals surface area contributed by atoms with Crippen molar-refractivity contribution in [3.8, 4) is 23.0 Å². The van der Waals surface area contributed by atoms with Gasteiger partial charge in [-0.25, -0.2) is 4.98 Å². The highest BCUT2D eigenvalue weighted by Gasteiger charge is 2.30. The van der Waals surface area contributed by atoms with Crippen LogP contribution in [-0.2, 0) is 19.4 Å². The van der Waals surface area contributed by atoms with Gasteiger partial charge < -0.3 is 13.9 Å². The number of ether oxygens (including phenoxy) is 2. The minimum atomic E-state index is -4.39. The van der Waals surface area contributed by atoms with E-state index in [1.807, 2.05) is 0 Å². The van der Waals surface area contributed by atoms with Gasteiger partial charge in [-0.05, 0) is 55.5 Å². The van der Waals surface area contributed by atoms with Crippen LogP contribution in [0, 0.1) is 6.92 Å². The van der Waals surface area contributed by atoms with Crippen LogP contribution in [0.3, 0.4) is 0 Å². The van der Waals surface area contributed by atoms with E-state index in [0.717, 1.165) is 12.1 Å². The quantitative estimate of drug-likeness (QED) is 0.465. The average Bonchev–Trinajstić information content (AvgIpc) is 3.41. The first-order valence-corrected chi connectivity index (χ1v) is 9.10. The van der Waals surface area contributed by atoms with E-state index in [9.17, 15) is 13.2 Å². The van der Waals surface area contributed by atoms with Gasteiger partial charge in [0.2, 0.25) is 11.7 Å². The molecule has 0 radical (unpaired) electrons. The van der Waals surface area contributed by atoms with Crippen molar-refractivity contribution in [1.29, 1.82) is 0 Å². The molecule has 0 atom stereocenters. The highest BCUT2D eigenvalue weighted by molar-refractivity contribution is 5.54. The Morgan fingerprint density at radius 3 is 2.16 bits per heavy atom. The summed E-state index contributed by atoms with van der Waals surface area (Å²) in [5.74, 6) is 2.34. The minimum absolute atomic E-state index is 0.114. The van der Waals surface area contributed by atoms with Crippen LogP contribution in [-0.4, -0.2) is 25.6 Å². The Hall–Kier alpha value is -3.89. The summed E-state index contributed by atoms with van der Waals surface area (Å²) in [6.07, 6.45) is -4.39. The van der Waals surface area contributed by atoms with E-state index in [1.54, 1.807) is 31.2 Å². The normalized spacial score (nSPS) is 11.5. The van der Waals surface area contributed by atoms with Gasteiger partial charge in [0.1, 0.15) is 18.1 Å². The predicted octanol–water partition coefficient (Wildman–Crippen LogP) is 4.34. The number of hydrogen-bond acceptors (Lipinski definition) is 7. The third-order valence-electron chi connectivity index (χ3n) is 4.30.